The van der Waals surface area contributed by atoms with Crippen molar-refractivity contribution in [2.75, 3.05) is 6.61 Å². The Morgan fingerprint density at radius 2 is 2.50 bits per heavy atom. The fourth-order valence-corrected chi connectivity index (χ4v) is 1.46. The molecule has 0 unspecified atom stereocenters. The molecular weight excluding hydrogens is 196 g/mol. The van der Waals surface area contributed by atoms with Gasteiger partial charge in [-0.05, 0) is 22.9 Å². The van der Waals surface area contributed by atoms with Crippen LogP contribution in [0.1, 0.15) is 5.69 Å². The summed E-state index contributed by atoms with van der Waals surface area (Å²) < 4.78 is 8.17. The van der Waals surface area contributed by atoms with E-state index < -0.39 is 0 Å². The number of hydrogen-bond acceptors (Lipinski definition) is 2. The topological polar surface area (TPSA) is 27.1 Å². The highest BCUT2D eigenvalue weighted by atomic mass is 79.9. The van der Waals surface area contributed by atoms with Crippen molar-refractivity contribution in [3.8, 4) is 5.88 Å². The van der Waals surface area contributed by atoms with Gasteiger partial charge in [0.25, 0.3) is 0 Å². The Bertz CT molecular complexity index is 269. The molecule has 1 aliphatic rings. The van der Waals surface area contributed by atoms with E-state index in [1.54, 1.807) is 0 Å². The average Bonchev–Trinajstić information content (AvgIpc) is 2.41. The molecule has 10 heavy (non-hydrogen) atoms. The molecule has 0 N–H and O–H groups in total. The maximum atomic E-state index is 5.30. The summed E-state index contributed by atoms with van der Waals surface area (Å²) in [4.78, 5) is 0. The van der Waals surface area contributed by atoms with Crippen molar-refractivity contribution in [1.82, 2.24) is 9.78 Å². The molecule has 0 saturated carbocycles. The Hall–Kier alpha value is -0.510. The second-order valence-corrected chi connectivity index (χ2v) is 3.07. The van der Waals surface area contributed by atoms with Crippen LogP contribution < -0.4 is 4.74 Å². The lowest BCUT2D eigenvalue weighted by Gasteiger charge is -1.90. The van der Waals surface area contributed by atoms with Crippen LogP contribution in [0.15, 0.2) is 4.47 Å². The van der Waals surface area contributed by atoms with Gasteiger partial charge in [0.05, 0.1) is 12.2 Å². The number of ether oxygens (including phenoxy) is 1. The number of aryl methyl sites for hydroxylation is 1. The number of hydrogen-bond donors (Lipinski definition) is 0. The molecule has 1 aromatic rings. The monoisotopic (exact) mass is 202 g/mol. The molecule has 1 aromatic heterocycles. The van der Waals surface area contributed by atoms with Gasteiger partial charge < -0.3 is 4.74 Å². The molecule has 0 atom stereocenters. The van der Waals surface area contributed by atoms with Gasteiger partial charge in [-0.3, -0.25) is 0 Å². The van der Waals surface area contributed by atoms with E-state index in [0.29, 0.717) is 0 Å². The minimum absolute atomic E-state index is 0.751. The van der Waals surface area contributed by atoms with Gasteiger partial charge in [-0.25, -0.2) is 4.68 Å². The lowest BCUT2D eigenvalue weighted by molar-refractivity contribution is 0.354. The maximum Gasteiger partial charge on any atom is 0.226 e. The number of fused-ring (bicyclic) bond motifs is 1. The summed E-state index contributed by atoms with van der Waals surface area (Å²) in [6.07, 6.45) is 0. The van der Waals surface area contributed by atoms with Gasteiger partial charge in [0.2, 0.25) is 5.88 Å². The quantitative estimate of drug-likeness (QED) is 0.636. The molecule has 54 valence electrons. The normalized spacial score (nSPS) is 15.0. The Balaban J connectivity index is 2.59. The fourth-order valence-electron chi connectivity index (χ4n) is 1.06. The van der Waals surface area contributed by atoms with Gasteiger partial charge in [0.1, 0.15) is 11.1 Å². The molecule has 2 rings (SSSR count). The number of aromatic nitrogens is 2. The second kappa shape index (κ2) is 1.99. The van der Waals surface area contributed by atoms with E-state index >= 15 is 0 Å². The summed E-state index contributed by atoms with van der Waals surface area (Å²) in [6, 6.07) is 0. The molecule has 0 bridgehead atoms. The Labute approximate surface area is 67.1 Å². The summed E-state index contributed by atoms with van der Waals surface area (Å²) in [5.41, 5.74) is 0.995. The molecule has 2 heterocycles. The van der Waals surface area contributed by atoms with Gasteiger partial charge in [-0.2, -0.15) is 5.10 Å². The van der Waals surface area contributed by atoms with Crippen LogP contribution in [0.25, 0.3) is 0 Å². The molecule has 0 saturated heterocycles. The summed E-state index contributed by atoms with van der Waals surface area (Å²) >= 11 is 3.39. The molecular formula is C6H7BrN2O. The van der Waals surface area contributed by atoms with E-state index in [1.165, 1.54) is 0 Å². The average molecular weight is 203 g/mol. The van der Waals surface area contributed by atoms with Crippen LogP contribution in [-0.4, -0.2) is 16.4 Å². The molecule has 0 aliphatic carbocycles. The first-order chi connectivity index (χ1) is 4.79. The first-order valence-electron chi connectivity index (χ1n) is 3.15. The summed E-state index contributed by atoms with van der Waals surface area (Å²) in [7, 11) is 0. The molecule has 0 aromatic carbocycles. The van der Waals surface area contributed by atoms with Crippen molar-refractivity contribution in [3.63, 3.8) is 0 Å². The van der Waals surface area contributed by atoms with E-state index in [2.05, 4.69) is 21.0 Å². The molecule has 0 radical (unpaired) electrons. The molecule has 1 aliphatic heterocycles. The van der Waals surface area contributed by atoms with E-state index in [4.69, 9.17) is 4.74 Å². The first-order valence-corrected chi connectivity index (χ1v) is 3.94. The van der Waals surface area contributed by atoms with Crippen molar-refractivity contribution in [1.29, 1.82) is 0 Å². The van der Waals surface area contributed by atoms with Crippen LogP contribution in [0.5, 0.6) is 5.88 Å². The van der Waals surface area contributed by atoms with E-state index in [9.17, 15) is 0 Å². The number of rotatable bonds is 0. The molecule has 0 fully saturated rings. The van der Waals surface area contributed by atoms with Crippen molar-refractivity contribution in [3.05, 3.63) is 10.2 Å². The third kappa shape index (κ3) is 0.683. The fraction of sp³-hybridized carbons (Fsp3) is 0.500. The summed E-state index contributed by atoms with van der Waals surface area (Å²) in [6.45, 7) is 3.59. The van der Waals surface area contributed by atoms with Crippen LogP contribution in [0.4, 0.5) is 0 Å². The summed E-state index contributed by atoms with van der Waals surface area (Å²) in [5.74, 6) is 0.873. The highest BCUT2D eigenvalue weighted by Crippen LogP contribution is 2.30. The van der Waals surface area contributed by atoms with Gasteiger partial charge in [0.15, 0.2) is 0 Å². The summed E-state index contributed by atoms with van der Waals surface area (Å²) in [5, 5.41) is 4.24. The van der Waals surface area contributed by atoms with Crippen molar-refractivity contribution < 1.29 is 4.74 Å². The third-order valence-corrected chi connectivity index (χ3v) is 2.47. The highest BCUT2D eigenvalue weighted by molar-refractivity contribution is 9.10. The predicted molar refractivity (Wildman–Crippen MR) is 40.2 cm³/mol. The Morgan fingerprint density at radius 3 is 3.20 bits per heavy atom. The standard InChI is InChI=1S/C6H7BrN2O/c1-4-5(7)6-9(8-4)2-3-10-6/h2-3H2,1H3. The maximum absolute atomic E-state index is 5.30. The zero-order valence-electron chi connectivity index (χ0n) is 5.59. The lowest BCUT2D eigenvalue weighted by atomic mass is 10.5. The van der Waals surface area contributed by atoms with E-state index in [0.717, 1.165) is 29.2 Å². The third-order valence-electron chi connectivity index (χ3n) is 1.55. The Kier molecular flexibility index (Phi) is 1.23. The number of nitrogens with zero attached hydrogens (tertiary/aromatic N) is 2. The van der Waals surface area contributed by atoms with Crippen LogP contribution in [0, 0.1) is 6.92 Å². The van der Waals surface area contributed by atoms with Gasteiger partial charge in [0, 0.05) is 0 Å². The van der Waals surface area contributed by atoms with Gasteiger partial charge >= 0.3 is 0 Å². The Morgan fingerprint density at radius 1 is 1.70 bits per heavy atom. The molecule has 0 amide bonds. The second-order valence-electron chi connectivity index (χ2n) is 2.28. The van der Waals surface area contributed by atoms with Crippen molar-refractivity contribution >= 4 is 15.9 Å². The highest BCUT2D eigenvalue weighted by Gasteiger charge is 2.18. The smallest absolute Gasteiger partial charge is 0.226 e. The van der Waals surface area contributed by atoms with Crippen molar-refractivity contribution in [2.45, 2.75) is 13.5 Å². The minimum Gasteiger partial charge on any atom is -0.475 e. The minimum atomic E-state index is 0.751. The molecule has 0 spiro atoms. The predicted octanol–water partition coefficient (Wildman–Crippen LogP) is 1.35. The zero-order valence-corrected chi connectivity index (χ0v) is 7.18. The van der Waals surface area contributed by atoms with E-state index in [1.807, 2.05) is 11.6 Å². The molecule has 4 heteroatoms. The van der Waals surface area contributed by atoms with Crippen LogP contribution in [-0.2, 0) is 6.54 Å². The van der Waals surface area contributed by atoms with Crippen LogP contribution >= 0.6 is 15.9 Å². The molecule has 3 nitrogen and oxygen atoms in total. The van der Waals surface area contributed by atoms with E-state index in [-0.39, 0.29) is 0 Å². The van der Waals surface area contributed by atoms with Crippen molar-refractivity contribution in [2.24, 2.45) is 0 Å². The first kappa shape index (κ1) is 6.22. The largest absolute Gasteiger partial charge is 0.475 e. The van der Waals surface area contributed by atoms with Crippen LogP contribution in [0.3, 0.4) is 0 Å². The van der Waals surface area contributed by atoms with Crippen LogP contribution in [0.2, 0.25) is 0 Å². The van der Waals surface area contributed by atoms with Gasteiger partial charge in [-0.15, -0.1) is 0 Å². The zero-order chi connectivity index (χ0) is 7.14. The number of halogens is 1. The SMILES string of the molecule is Cc1nn2c(c1Br)OCC2. The van der Waals surface area contributed by atoms with Gasteiger partial charge in [-0.1, -0.05) is 0 Å². The lowest BCUT2D eigenvalue weighted by Crippen LogP contribution is -1.95.